The van der Waals surface area contributed by atoms with Gasteiger partial charge in [0.1, 0.15) is 12.4 Å². The molecule has 0 aliphatic rings. The highest BCUT2D eigenvalue weighted by Crippen LogP contribution is 2.18. The number of benzene rings is 1. The van der Waals surface area contributed by atoms with E-state index < -0.39 is 0 Å². The molecule has 1 atom stereocenters. The molecule has 2 rings (SSSR count). The summed E-state index contributed by atoms with van der Waals surface area (Å²) in [4.78, 5) is 23.7. The molecule has 1 aromatic carbocycles. The summed E-state index contributed by atoms with van der Waals surface area (Å²) < 4.78 is 10.8. The van der Waals surface area contributed by atoms with E-state index >= 15 is 0 Å². The molecule has 0 saturated heterocycles. The molecule has 0 saturated carbocycles. The summed E-state index contributed by atoms with van der Waals surface area (Å²) in [6, 6.07) is 8.75. The van der Waals surface area contributed by atoms with Gasteiger partial charge in [0, 0.05) is 24.2 Å². The molecule has 1 heterocycles. The van der Waals surface area contributed by atoms with E-state index in [1.807, 2.05) is 13.8 Å². The Morgan fingerprint density at radius 1 is 1.22 bits per heavy atom. The molecule has 0 fully saturated rings. The Labute approximate surface area is 159 Å². The van der Waals surface area contributed by atoms with Gasteiger partial charge in [-0.1, -0.05) is 25.4 Å². The average molecular weight is 373 g/mol. The van der Waals surface area contributed by atoms with Gasteiger partial charge in [0.15, 0.2) is 11.5 Å². The quantitative estimate of drug-likeness (QED) is 0.658. The number of ether oxygens (including phenoxy) is 1. The molecule has 27 heavy (non-hydrogen) atoms. The number of anilines is 1. The Kier molecular flexibility index (Phi) is 7.85. The van der Waals surface area contributed by atoms with Crippen LogP contribution in [0.1, 0.15) is 62.7 Å². The lowest BCUT2D eigenvalue weighted by molar-refractivity contribution is -0.116. The van der Waals surface area contributed by atoms with Crippen LogP contribution in [-0.4, -0.2) is 23.0 Å². The normalized spacial score (nSPS) is 11.7. The van der Waals surface area contributed by atoms with Gasteiger partial charge in [0.2, 0.25) is 5.91 Å². The van der Waals surface area contributed by atoms with Gasteiger partial charge in [0.05, 0.1) is 0 Å². The van der Waals surface area contributed by atoms with Gasteiger partial charge in [-0.25, -0.2) is 0 Å². The topological polar surface area (TPSA) is 93.5 Å². The van der Waals surface area contributed by atoms with Gasteiger partial charge in [0.25, 0.3) is 5.91 Å². The molecule has 2 aromatic rings. The number of carbonyl (C=O) groups excluding carboxylic acids is 2. The second-order valence-electron chi connectivity index (χ2n) is 6.43. The Hall–Kier alpha value is -2.83. The van der Waals surface area contributed by atoms with E-state index in [0.29, 0.717) is 17.9 Å². The standard InChI is InChI=1S/C20H27N3O4/c1-4-6-7-19(24)22-15-8-10-16(11-9-15)26-13-17-12-18(23-27-17)20(25)21-14(3)5-2/h8-12,14H,4-7,13H2,1-3H3,(H,21,25)(H,22,24). The van der Waals surface area contributed by atoms with Gasteiger partial charge in [-0.2, -0.15) is 0 Å². The highest BCUT2D eigenvalue weighted by atomic mass is 16.5. The van der Waals surface area contributed by atoms with Crippen molar-refractivity contribution >= 4 is 17.5 Å². The third kappa shape index (κ3) is 6.77. The first-order valence-electron chi connectivity index (χ1n) is 9.31. The van der Waals surface area contributed by atoms with Gasteiger partial charge < -0.3 is 19.9 Å². The molecule has 2 N–H and O–H groups in total. The maximum absolute atomic E-state index is 12.0. The summed E-state index contributed by atoms with van der Waals surface area (Å²) in [5.74, 6) is 0.836. The zero-order valence-electron chi connectivity index (χ0n) is 16.1. The van der Waals surface area contributed by atoms with Crippen LogP contribution in [-0.2, 0) is 11.4 Å². The molecule has 1 unspecified atom stereocenters. The maximum Gasteiger partial charge on any atom is 0.273 e. The van der Waals surface area contributed by atoms with Crippen molar-refractivity contribution in [2.45, 2.75) is 59.1 Å². The van der Waals surface area contributed by atoms with Crippen LogP contribution in [0.15, 0.2) is 34.9 Å². The maximum atomic E-state index is 12.0. The van der Waals surface area contributed by atoms with E-state index in [1.54, 1.807) is 30.3 Å². The predicted molar refractivity (Wildman–Crippen MR) is 103 cm³/mol. The van der Waals surface area contributed by atoms with Crippen LogP contribution in [0.3, 0.4) is 0 Å². The lowest BCUT2D eigenvalue weighted by atomic mass is 10.2. The number of hydrogen-bond donors (Lipinski definition) is 2. The molecule has 146 valence electrons. The Morgan fingerprint density at radius 2 is 1.96 bits per heavy atom. The van der Waals surface area contributed by atoms with Crippen LogP contribution in [0, 0.1) is 0 Å². The molecule has 2 amide bonds. The Morgan fingerprint density at radius 3 is 2.63 bits per heavy atom. The zero-order valence-corrected chi connectivity index (χ0v) is 16.1. The van der Waals surface area contributed by atoms with Crippen molar-refractivity contribution in [1.82, 2.24) is 10.5 Å². The summed E-state index contributed by atoms with van der Waals surface area (Å²) in [7, 11) is 0. The van der Waals surface area contributed by atoms with Crippen LogP contribution >= 0.6 is 0 Å². The van der Waals surface area contributed by atoms with Gasteiger partial charge in [-0.15, -0.1) is 0 Å². The fraction of sp³-hybridized carbons (Fsp3) is 0.450. The number of hydrogen-bond acceptors (Lipinski definition) is 5. The third-order valence-corrected chi connectivity index (χ3v) is 4.06. The van der Waals surface area contributed by atoms with Crippen LogP contribution in [0.25, 0.3) is 0 Å². The molecule has 7 heteroatoms. The molecule has 7 nitrogen and oxygen atoms in total. The number of amides is 2. The summed E-state index contributed by atoms with van der Waals surface area (Å²) in [5.41, 5.74) is 0.964. The van der Waals surface area contributed by atoms with E-state index in [4.69, 9.17) is 9.26 Å². The molecular weight excluding hydrogens is 346 g/mol. The Bertz CT molecular complexity index is 740. The number of nitrogens with one attached hydrogen (secondary N) is 2. The monoisotopic (exact) mass is 373 g/mol. The minimum Gasteiger partial charge on any atom is -0.486 e. The number of nitrogens with zero attached hydrogens (tertiary/aromatic N) is 1. The summed E-state index contributed by atoms with van der Waals surface area (Å²) in [5, 5.41) is 9.45. The predicted octanol–water partition coefficient (Wildman–Crippen LogP) is 3.91. The largest absolute Gasteiger partial charge is 0.486 e. The molecule has 1 aromatic heterocycles. The van der Waals surface area contributed by atoms with Crippen molar-refractivity contribution in [2.24, 2.45) is 0 Å². The minimum absolute atomic E-state index is 0.00961. The fourth-order valence-corrected chi connectivity index (χ4v) is 2.24. The van der Waals surface area contributed by atoms with Gasteiger partial charge >= 0.3 is 0 Å². The lowest BCUT2D eigenvalue weighted by Gasteiger charge is -2.08. The van der Waals surface area contributed by atoms with Crippen LogP contribution in [0.4, 0.5) is 5.69 Å². The SMILES string of the molecule is CCCCC(=O)Nc1ccc(OCc2cc(C(=O)NC(C)CC)no2)cc1. The van der Waals surface area contributed by atoms with E-state index in [-0.39, 0.29) is 30.2 Å². The van der Waals surface area contributed by atoms with E-state index in [2.05, 4.69) is 22.7 Å². The number of rotatable bonds is 10. The molecule has 0 aliphatic heterocycles. The number of aromatic nitrogens is 1. The van der Waals surface area contributed by atoms with Crippen molar-refractivity contribution in [1.29, 1.82) is 0 Å². The number of unbranched alkanes of at least 4 members (excludes halogenated alkanes) is 1. The van der Waals surface area contributed by atoms with Gasteiger partial charge in [-0.05, 0) is 44.0 Å². The van der Waals surface area contributed by atoms with Crippen molar-refractivity contribution < 1.29 is 18.8 Å². The van der Waals surface area contributed by atoms with Crippen molar-refractivity contribution in [3.8, 4) is 5.75 Å². The first-order valence-corrected chi connectivity index (χ1v) is 9.31. The summed E-state index contributed by atoms with van der Waals surface area (Å²) in [6.07, 6.45) is 3.23. The molecular formula is C20H27N3O4. The lowest BCUT2D eigenvalue weighted by Crippen LogP contribution is -2.32. The van der Waals surface area contributed by atoms with E-state index in [0.717, 1.165) is 24.9 Å². The van der Waals surface area contributed by atoms with E-state index in [9.17, 15) is 9.59 Å². The van der Waals surface area contributed by atoms with Crippen LogP contribution in [0.2, 0.25) is 0 Å². The highest BCUT2D eigenvalue weighted by molar-refractivity contribution is 5.92. The second-order valence-corrected chi connectivity index (χ2v) is 6.43. The fourth-order valence-electron chi connectivity index (χ4n) is 2.24. The van der Waals surface area contributed by atoms with Gasteiger partial charge in [-0.3, -0.25) is 9.59 Å². The number of carbonyl (C=O) groups is 2. The smallest absolute Gasteiger partial charge is 0.273 e. The first kappa shape index (κ1) is 20.5. The van der Waals surface area contributed by atoms with Crippen molar-refractivity contribution in [3.05, 3.63) is 41.8 Å². The third-order valence-electron chi connectivity index (χ3n) is 4.06. The zero-order chi connectivity index (χ0) is 19.6. The molecule has 0 bridgehead atoms. The first-order chi connectivity index (χ1) is 13.0. The summed E-state index contributed by atoms with van der Waals surface area (Å²) in [6.45, 7) is 6.13. The average Bonchev–Trinajstić information content (AvgIpc) is 3.15. The van der Waals surface area contributed by atoms with Crippen molar-refractivity contribution in [3.63, 3.8) is 0 Å². The second kappa shape index (κ2) is 10.4. The molecule has 0 radical (unpaired) electrons. The van der Waals surface area contributed by atoms with Crippen LogP contribution in [0.5, 0.6) is 5.75 Å². The van der Waals surface area contributed by atoms with E-state index in [1.165, 1.54) is 0 Å². The van der Waals surface area contributed by atoms with Crippen LogP contribution < -0.4 is 15.4 Å². The highest BCUT2D eigenvalue weighted by Gasteiger charge is 2.14. The molecule has 0 aliphatic carbocycles. The van der Waals surface area contributed by atoms with Crippen molar-refractivity contribution in [2.75, 3.05) is 5.32 Å². The Balaban J connectivity index is 1.83. The summed E-state index contributed by atoms with van der Waals surface area (Å²) >= 11 is 0. The minimum atomic E-state index is -0.262. The molecule has 0 spiro atoms.